The molecule has 8 heteroatoms. The van der Waals surface area contributed by atoms with Gasteiger partial charge in [-0.3, -0.25) is 0 Å². The number of aliphatic hydroxyl groups excluding tert-OH is 1. The van der Waals surface area contributed by atoms with Crippen molar-refractivity contribution in [1.82, 2.24) is 0 Å². The first kappa shape index (κ1) is 20.3. The van der Waals surface area contributed by atoms with Gasteiger partial charge in [0.1, 0.15) is 0 Å². The molecule has 148 valence electrons. The fraction of sp³-hybridized carbons (Fsp3) is 0.300. The highest BCUT2D eigenvalue weighted by Gasteiger charge is 2.35. The summed E-state index contributed by atoms with van der Waals surface area (Å²) in [6.45, 7) is 2.67. The molecule has 0 saturated heterocycles. The highest BCUT2D eigenvalue weighted by Crippen LogP contribution is 2.38. The van der Waals surface area contributed by atoms with Gasteiger partial charge in [0, 0.05) is 18.8 Å². The Kier molecular flexibility index (Phi) is 6.04. The number of azo groups is 1. The van der Waals surface area contributed by atoms with Gasteiger partial charge in [-0.1, -0.05) is 42.0 Å². The summed E-state index contributed by atoms with van der Waals surface area (Å²) in [4.78, 5) is 0.0327. The molecule has 1 aliphatic heterocycles. The third-order valence-corrected chi connectivity index (χ3v) is 5.44. The summed E-state index contributed by atoms with van der Waals surface area (Å²) in [5.41, 5.74) is 2.69. The molecule has 0 fully saturated rings. The summed E-state index contributed by atoms with van der Waals surface area (Å²) < 4.78 is 28.8. The van der Waals surface area contributed by atoms with Crippen LogP contribution in [0.5, 0.6) is 0 Å². The van der Waals surface area contributed by atoms with Gasteiger partial charge in [-0.25, -0.2) is 13.6 Å². The lowest BCUT2D eigenvalue weighted by Crippen LogP contribution is -2.26. The van der Waals surface area contributed by atoms with Crippen LogP contribution in [-0.4, -0.2) is 33.3 Å². The van der Waals surface area contributed by atoms with Crippen LogP contribution in [0.1, 0.15) is 23.1 Å². The van der Waals surface area contributed by atoms with Crippen molar-refractivity contribution >= 4 is 15.7 Å². The Morgan fingerprint density at radius 2 is 1.79 bits per heavy atom. The highest BCUT2D eigenvalue weighted by atomic mass is 32.2. The van der Waals surface area contributed by atoms with E-state index in [1.807, 2.05) is 37.3 Å². The van der Waals surface area contributed by atoms with E-state index >= 15 is 0 Å². The predicted octanol–water partition coefficient (Wildman–Crippen LogP) is 2.74. The van der Waals surface area contributed by atoms with Gasteiger partial charge in [0.2, 0.25) is 10.0 Å². The minimum atomic E-state index is -3.77. The van der Waals surface area contributed by atoms with E-state index in [0.717, 1.165) is 22.4 Å². The summed E-state index contributed by atoms with van der Waals surface area (Å²) >= 11 is 0. The number of nitrogens with two attached hydrogens (primary N) is 1. The molecule has 1 unspecified atom stereocenters. The summed E-state index contributed by atoms with van der Waals surface area (Å²) in [5, 5.41) is 23.0. The van der Waals surface area contributed by atoms with Gasteiger partial charge in [0.25, 0.3) is 0 Å². The summed E-state index contributed by atoms with van der Waals surface area (Å²) in [6, 6.07) is 14.2. The van der Waals surface area contributed by atoms with Crippen LogP contribution in [-0.2, 0) is 20.3 Å². The van der Waals surface area contributed by atoms with Gasteiger partial charge in [-0.15, -0.1) is 0 Å². The predicted molar refractivity (Wildman–Crippen MR) is 106 cm³/mol. The molecule has 0 bridgehead atoms. The molecule has 3 N–H and O–H groups in total. The molecule has 2 aromatic carbocycles. The topological polar surface area (TPSA) is 114 Å². The number of nitrogens with zero attached hydrogens (tertiary/aromatic N) is 2. The molecule has 0 saturated carbocycles. The number of primary sulfonamides is 1. The van der Waals surface area contributed by atoms with Gasteiger partial charge in [-0.05, 0) is 37.1 Å². The van der Waals surface area contributed by atoms with E-state index in [9.17, 15) is 8.42 Å². The van der Waals surface area contributed by atoms with Gasteiger partial charge >= 0.3 is 0 Å². The number of sulfonamides is 1. The lowest BCUT2D eigenvalue weighted by atomic mass is 9.90. The summed E-state index contributed by atoms with van der Waals surface area (Å²) in [5.74, 6) is 0. The fourth-order valence-corrected chi connectivity index (χ4v) is 3.43. The lowest BCUT2D eigenvalue weighted by molar-refractivity contribution is 0.0873. The zero-order chi connectivity index (χ0) is 20.2. The number of aliphatic hydroxyl groups is 1. The van der Waals surface area contributed by atoms with Crippen LogP contribution in [0.3, 0.4) is 0 Å². The van der Waals surface area contributed by atoms with Crippen molar-refractivity contribution in [2.24, 2.45) is 15.4 Å². The molecule has 28 heavy (non-hydrogen) atoms. The van der Waals surface area contributed by atoms with Crippen molar-refractivity contribution in [2.45, 2.75) is 23.8 Å². The van der Waals surface area contributed by atoms with Crippen molar-refractivity contribution in [2.75, 3.05) is 19.8 Å². The fourth-order valence-electron chi connectivity index (χ4n) is 2.91. The minimum Gasteiger partial charge on any atom is -0.396 e. The van der Waals surface area contributed by atoms with Crippen molar-refractivity contribution in [3.8, 4) is 0 Å². The Balaban J connectivity index is 1.95. The van der Waals surface area contributed by atoms with E-state index in [1.165, 1.54) is 12.1 Å². The Morgan fingerprint density at radius 3 is 2.39 bits per heavy atom. The van der Waals surface area contributed by atoms with Gasteiger partial charge < -0.3 is 9.84 Å². The Morgan fingerprint density at radius 1 is 1.11 bits per heavy atom. The Bertz CT molecular complexity index is 983. The van der Waals surface area contributed by atoms with E-state index in [0.29, 0.717) is 13.0 Å². The minimum absolute atomic E-state index is 0.0327. The van der Waals surface area contributed by atoms with Crippen LogP contribution >= 0.6 is 0 Å². The van der Waals surface area contributed by atoms with Gasteiger partial charge in [0.05, 0.1) is 17.2 Å². The molecule has 2 aromatic rings. The van der Waals surface area contributed by atoms with Crippen LogP contribution in [0.2, 0.25) is 0 Å². The molecule has 0 radical (unpaired) electrons. The van der Waals surface area contributed by atoms with Crippen molar-refractivity contribution in [3.05, 3.63) is 71.3 Å². The third kappa shape index (κ3) is 4.53. The molecule has 0 aliphatic carbocycles. The van der Waals surface area contributed by atoms with Crippen LogP contribution in [0.15, 0.2) is 69.7 Å². The van der Waals surface area contributed by atoms with E-state index in [1.54, 1.807) is 12.1 Å². The van der Waals surface area contributed by atoms with Crippen LogP contribution in [0.4, 0.5) is 0 Å². The van der Waals surface area contributed by atoms with Crippen molar-refractivity contribution in [3.63, 3.8) is 0 Å². The number of hydrogen-bond acceptors (Lipinski definition) is 6. The quantitative estimate of drug-likeness (QED) is 0.662. The first-order valence-electron chi connectivity index (χ1n) is 8.89. The van der Waals surface area contributed by atoms with Crippen molar-refractivity contribution < 1.29 is 18.3 Å². The number of rotatable bonds is 8. The summed E-state index contributed by atoms with van der Waals surface area (Å²) in [6.07, 6.45) is 2.44. The summed E-state index contributed by atoms with van der Waals surface area (Å²) in [7, 11) is -3.77. The number of ether oxygens (including phenoxy) is 1. The SMILES string of the molecule is Cc1ccc(C2=CC(COCCCO)(c3ccc(S(N)(=O)=O)cc3)N=N2)cc1. The van der Waals surface area contributed by atoms with E-state index < -0.39 is 15.6 Å². The second-order valence-corrected chi connectivity index (χ2v) is 8.28. The molecule has 0 aromatic heterocycles. The maximum atomic E-state index is 11.5. The molecule has 0 spiro atoms. The highest BCUT2D eigenvalue weighted by molar-refractivity contribution is 7.89. The lowest BCUT2D eigenvalue weighted by Gasteiger charge is -2.23. The van der Waals surface area contributed by atoms with E-state index in [-0.39, 0.29) is 18.1 Å². The average molecular weight is 401 g/mol. The molecule has 0 amide bonds. The van der Waals surface area contributed by atoms with Crippen LogP contribution in [0, 0.1) is 6.92 Å². The first-order valence-corrected chi connectivity index (χ1v) is 10.4. The Labute approximate surface area is 164 Å². The molecule has 1 heterocycles. The number of benzene rings is 2. The maximum absolute atomic E-state index is 11.5. The third-order valence-electron chi connectivity index (χ3n) is 4.51. The van der Waals surface area contributed by atoms with Crippen molar-refractivity contribution in [1.29, 1.82) is 0 Å². The molecule has 3 rings (SSSR count). The van der Waals surface area contributed by atoms with Gasteiger partial charge in [-0.2, -0.15) is 10.2 Å². The number of hydrogen-bond donors (Lipinski definition) is 2. The average Bonchev–Trinajstić information content (AvgIpc) is 3.11. The zero-order valence-corrected chi connectivity index (χ0v) is 16.4. The first-order chi connectivity index (χ1) is 13.3. The van der Waals surface area contributed by atoms with Gasteiger partial charge in [0.15, 0.2) is 5.54 Å². The standard InChI is InChI=1S/C20H23N3O4S/c1-15-3-5-16(6-4-15)19-13-20(23-22-19,14-27-12-2-11-24)17-7-9-18(10-8-17)28(21,25)26/h3-10,13,24H,2,11-12,14H2,1H3,(H2,21,25,26). The van der Waals surface area contributed by atoms with Crippen LogP contribution in [0.25, 0.3) is 5.70 Å². The molecule has 1 atom stereocenters. The molecular formula is C20H23N3O4S. The normalized spacial score (nSPS) is 19.0. The second kappa shape index (κ2) is 8.32. The number of aryl methyl sites for hydroxylation is 1. The van der Waals surface area contributed by atoms with E-state index in [2.05, 4.69) is 10.2 Å². The zero-order valence-electron chi connectivity index (χ0n) is 15.6. The maximum Gasteiger partial charge on any atom is 0.238 e. The smallest absolute Gasteiger partial charge is 0.238 e. The molecule has 7 nitrogen and oxygen atoms in total. The molecule has 1 aliphatic rings. The monoisotopic (exact) mass is 401 g/mol. The molecular weight excluding hydrogens is 378 g/mol. The van der Waals surface area contributed by atoms with Crippen LogP contribution < -0.4 is 5.14 Å². The second-order valence-electron chi connectivity index (χ2n) is 6.72. The largest absolute Gasteiger partial charge is 0.396 e. The van der Waals surface area contributed by atoms with E-state index in [4.69, 9.17) is 15.0 Å². The Hall–Kier alpha value is -2.39.